The van der Waals surface area contributed by atoms with Crippen molar-refractivity contribution in [3.8, 4) is 16.9 Å². The predicted octanol–water partition coefficient (Wildman–Crippen LogP) is 7.10. The lowest BCUT2D eigenvalue weighted by Gasteiger charge is -2.18. The Hall–Kier alpha value is -3.02. The quantitative estimate of drug-likeness (QED) is 0.217. The van der Waals surface area contributed by atoms with Crippen molar-refractivity contribution >= 4 is 35.1 Å². The third-order valence-electron chi connectivity index (χ3n) is 6.33. The first-order chi connectivity index (χ1) is 16.5. The summed E-state index contributed by atoms with van der Waals surface area (Å²) in [5.41, 5.74) is 11.0. The van der Waals surface area contributed by atoms with E-state index in [4.69, 9.17) is 17.2 Å². The number of hydrogen-bond donors (Lipinski definition) is 0. The Morgan fingerprint density at radius 1 is 1.06 bits per heavy atom. The third-order valence-corrected chi connectivity index (χ3v) is 7.67. The Kier molecular flexibility index (Phi) is 6.48. The molecule has 3 nitrogen and oxygen atoms in total. The lowest BCUT2D eigenvalue weighted by Crippen LogP contribution is -2.07. The summed E-state index contributed by atoms with van der Waals surface area (Å²) in [6, 6.07) is 21.5. The number of nitrogens with zero attached hydrogens (tertiary/aromatic N) is 3. The van der Waals surface area contributed by atoms with Gasteiger partial charge in [-0.15, -0.1) is 11.8 Å². The maximum Gasteiger partial charge on any atom is 0.100 e. The van der Waals surface area contributed by atoms with Crippen molar-refractivity contribution in [1.29, 1.82) is 0 Å². The van der Waals surface area contributed by atoms with Gasteiger partial charge in [0.1, 0.15) is 6.33 Å². The van der Waals surface area contributed by atoms with Crippen LogP contribution >= 0.6 is 24.0 Å². The molecule has 0 saturated heterocycles. The van der Waals surface area contributed by atoms with Crippen LogP contribution in [0.5, 0.6) is 0 Å². The summed E-state index contributed by atoms with van der Waals surface area (Å²) in [7, 11) is 0. The number of aryl methyl sites for hydroxylation is 3. The van der Waals surface area contributed by atoms with Crippen molar-refractivity contribution < 1.29 is 0 Å². The van der Waals surface area contributed by atoms with Gasteiger partial charge < -0.3 is 4.57 Å². The molecular weight excluding hydrogens is 454 g/mol. The maximum atomic E-state index is 5.63. The van der Waals surface area contributed by atoms with Gasteiger partial charge in [0, 0.05) is 39.4 Å². The van der Waals surface area contributed by atoms with Crippen molar-refractivity contribution in [1.82, 2.24) is 9.55 Å². The molecule has 0 fully saturated rings. The molecule has 0 N–H and O–H groups in total. The van der Waals surface area contributed by atoms with Crippen LogP contribution in [0.1, 0.15) is 33.5 Å². The normalized spacial score (nSPS) is 12.6. The Balaban J connectivity index is 1.30. The highest BCUT2D eigenvalue weighted by atomic mass is 32.2. The van der Waals surface area contributed by atoms with Gasteiger partial charge in [-0.25, -0.2) is 4.98 Å². The predicted molar refractivity (Wildman–Crippen MR) is 148 cm³/mol. The molecule has 0 aliphatic carbocycles. The molecule has 0 unspecified atom stereocenters. The van der Waals surface area contributed by atoms with Crippen LogP contribution in [0.3, 0.4) is 0 Å². The molecule has 0 amide bonds. The molecular formula is C29H27N3S2. The number of rotatable bonds is 6. The van der Waals surface area contributed by atoms with Crippen LogP contribution in [0.2, 0.25) is 0 Å². The molecule has 3 aromatic carbocycles. The Bertz CT molecular complexity index is 1380. The largest absolute Gasteiger partial charge is 0.302 e. The summed E-state index contributed by atoms with van der Waals surface area (Å²) in [6.07, 6.45) is 4.69. The summed E-state index contributed by atoms with van der Waals surface area (Å²) in [4.78, 5) is 11.6. The van der Waals surface area contributed by atoms with Gasteiger partial charge >= 0.3 is 0 Å². The number of aromatic nitrogens is 2. The fourth-order valence-electron chi connectivity index (χ4n) is 4.38. The summed E-state index contributed by atoms with van der Waals surface area (Å²) in [5.74, 6) is 0.899. The monoisotopic (exact) mass is 481 g/mol. The van der Waals surface area contributed by atoms with Crippen LogP contribution in [0.4, 0.5) is 0 Å². The third kappa shape index (κ3) is 4.63. The zero-order valence-corrected chi connectivity index (χ0v) is 21.3. The molecule has 0 atom stereocenters. The average Bonchev–Trinajstić information content (AvgIpc) is 3.26. The number of hydrogen-bond acceptors (Lipinski definition) is 4. The molecule has 2 heterocycles. The van der Waals surface area contributed by atoms with Gasteiger partial charge in [-0.3, -0.25) is 4.99 Å². The Labute approximate surface area is 211 Å². The number of benzene rings is 3. The van der Waals surface area contributed by atoms with Gasteiger partial charge in [0.05, 0.1) is 17.9 Å². The summed E-state index contributed by atoms with van der Waals surface area (Å²) in [5, 5.41) is 0. The minimum Gasteiger partial charge on any atom is -0.302 e. The van der Waals surface area contributed by atoms with Gasteiger partial charge in [-0.2, -0.15) is 0 Å². The highest BCUT2D eigenvalue weighted by Gasteiger charge is 2.22. The zero-order chi connectivity index (χ0) is 23.7. The lowest BCUT2D eigenvalue weighted by molar-refractivity contribution is 0.991. The highest BCUT2D eigenvalue weighted by molar-refractivity contribution is 7.98. The van der Waals surface area contributed by atoms with Crippen molar-refractivity contribution in [3.05, 3.63) is 101 Å². The molecule has 4 aromatic rings. The summed E-state index contributed by atoms with van der Waals surface area (Å²) < 4.78 is 2.21. The smallest absolute Gasteiger partial charge is 0.100 e. The highest BCUT2D eigenvalue weighted by Crippen LogP contribution is 2.41. The molecule has 34 heavy (non-hydrogen) atoms. The van der Waals surface area contributed by atoms with E-state index in [1.54, 1.807) is 0 Å². The molecule has 0 bridgehead atoms. The number of thioether (sulfide) groups is 1. The van der Waals surface area contributed by atoms with Crippen molar-refractivity contribution in [2.45, 2.75) is 37.8 Å². The average molecular weight is 482 g/mol. The van der Waals surface area contributed by atoms with Crippen molar-refractivity contribution in [3.63, 3.8) is 0 Å². The fraction of sp³-hybridized carbons (Fsp3) is 0.207. The Morgan fingerprint density at radius 2 is 1.82 bits per heavy atom. The van der Waals surface area contributed by atoms with E-state index in [1.807, 2.05) is 24.3 Å². The number of thiocarbonyl (C=S) groups is 1. The van der Waals surface area contributed by atoms with Gasteiger partial charge in [0.25, 0.3) is 0 Å². The number of imidazole rings is 1. The van der Waals surface area contributed by atoms with Gasteiger partial charge in [-0.05, 0) is 61.2 Å². The SMILES string of the molecule is Cc1ccc(-n2cnc3c2CSc2cc(C=NCC(=S)Cc4c(C)cccc4C)ccc2-3)cc1. The lowest BCUT2D eigenvalue weighted by atomic mass is 9.99. The van der Waals surface area contributed by atoms with Crippen LogP contribution in [-0.2, 0) is 12.2 Å². The van der Waals surface area contributed by atoms with E-state index < -0.39 is 0 Å². The van der Waals surface area contributed by atoms with E-state index in [0.29, 0.717) is 6.54 Å². The van der Waals surface area contributed by atoms with E-state index in [0.717, 1.165) is 34.0 Å². The maximum absolute atomic E-state index is 5.63. The number of fused-ring (bicyclic) bond motifs is 3. The van der Waals surface area contributed by atoms with Crippen molar-refractivity contribution in [2.75, 3.05) is 6.54 Å². The molecule has 5 rings (SSSR count). The van der Waals surface area contributed by atoms with Gasteiger partial charge in [0.2, 0.25) is 0 Å². The first kappa shape index (κ1) is 22.8. The summed E-state index contributed by atoms with van der Waals surface area (Å²) in [6.45, 7) is 6.97. The van der Waals surface area contributed by atoms with Crippen LogP contribution in [0.25, 0.3) is 16.9 Å². The summed E-state index contributed by atoms with van der Waals surface area (Å²) >= 11 is 7.49. The minimum absolute atomic E-state index is 0.568. The topological polar surface area (TPSA) is 30.2 Å². The zero-order valence-electron chi connectivity index (χ0n) is 19.7. The second-order valence-corrected chi connectivity index (χ2v) is 10.4. The standard InChI is InChI=1S/C29H27N3S2/c1-19-7-10-23(11-8-19)32-18-31-29-25-12-9-22(13-28(25)34-17-27(29)32)15-30-16-24(33)14-26-20(2)5-4-6-21(26)3/h4-13,15,18H,14,16-17H2,1-3H3. The first-order valence-electron chi connectivity index (χ1n) is 11.5. The molecule has 1 aliphatic rings. The van der Waals surface area contributed by atoms with Crippen LogP contribution in [0.15, 0.2) is 76.9 Å². The van der Waals surface area contributed by atoms with Crippen LogP contribution in [0, 0.1) is 20.8 Å². The van der Waals surface area contributed by atoms with Gasteiger partial charge in [-0.1, -0.05) is 60.2 Å². The first-order valence-corrected chi connectivity index (χ1v) is 12.9. The van der Waals surface area contributed by atoms with Gasteiger partial charge in [0.15, 0.2) is 0 Å². The number of aliphatic imine (C=N–C) groups is 1. The molecule has 170 valence electrons. The molecule has 0 saturated carbocycles. The molecule has 5 heteroatoms. The van der Waals surface area contributed by atoms with E-state index >= 15 is 0 Å². The van der Waals surface area contributed by atoms with E-state index in [2.05, 4.69) is 91.0 Å². The fourth-order valence-corrected chi connectivity index (χ4v) is 5.71. The molecule has 1 aliphatic heterocycles. The minimum atomic E-state index is 0.568. The van der Waals surface area contributed by atoms with Crippen LogP contribution in [-0.4, -0.2) is 27.2 Å². The second-order valence-electron chi connectivity index (χ2n) is 8.85. The van der Waals surface area contributed by atoms with E-state index in [1.165, 1.54) is 38.4 Å². The molecule has 0 radical (unpaired) electrons. The van der Waals surface area contributed by atoms with E-state index in [9.17, 15) is 0 Å². The Morgan fingerprint density at radius 3 is 2.59 bits per heavy atom. The second kappa shape index (κ2) is 9.69. The van der Waals surface area contributed by atoms with Crippen LogP contribution < -0.4 is 0 Å². The molecule has 0 spiro atoms. The van der Waals surface area contributed by atoms with Crippen molar-refractivity contribution in [2.24, 2.45) is 4.99 Å². The molecule has 1 aromatic heterocycles. The van der Waals surface area contributed by atoms with E-state index in [-0.39, 0.29) is 0 Å².